The lowest BCUT2D eigenvalue weighted by molar-refractivity contribution is -0.167. The fraction of sp³-hybridized carbons (Fsp3) is 0.600. The zero-order chi connectivity index (χ0) is 18.7. The largest absolute Gasteiger partial charge is 0.496 e. The second-order valence-electron chi connectivity index (χ2n) is 7.54. The van der Waals surface area contributed by atoms with Gasteiger partial charge in [0.15, 0.2) is 0 Å². The molecule has 1 saturated heterocycles. The quantitative estimate of drug-likeness (QED) is 0.777. The number of aryl methyl sites for hydroxylation is 1. The van der Waals surface area contributed by atoms with Gasteiger partial charge >= 0.3 is 5.97 Å². The number of rotatable bonds is 7. The molecule has 1 aromatic rings. The topological polar surface area (TPSA) is 87.1 Å². The third-order valence-corrected chi connectivity index (χ3v) is 5.71. The molecular weight excluding hydrogens is 334 g/mol. The maximum atomic E-state index is 12.7. The van der Waals surface area contributed by atoms with Crippen LogP contribution in [-0.4, -0.2) is 53.3 Å². The molecule has 1 aromatic carbocycles. The minimum atomic E-state index is -1.22. The molecule has 2 N–H and O–H groups in total. The first kappa shape index (κ1) is 18.7. The number of carbonyl (C=O) groups excluding carboxylic acids is 1. The van der Waals surface area contributed by atoms with Crippen molar-refractivity contribution in [2.45, 2.75) is 44.6 Å². The Kier molecular flexibility index (Phi) is 5.51. The summed E-state index contributed by atoms with van der Waals surface area (Å²) in [5.41, 5.74) is -0.262. The van der Waals surface area contributed by atoms with E-state index in [1.807, 2.05) is 24.3 Å². The Morgan fingerprint density at radius 2 is 2.00 bits per heavy atom. The highest BCUT2D eigenvalue weighted by atomic mass is 16.5. The molecule has 2 atom stereocenters. The molecule has 0 spiro atoms. The number of hydrogen-bond donors (Lipinski definition) is 2. The number of carboxylic acid groups (broad SMARTS) is 1. The van der Waals surface area contributed by atoms with Gasteiger partial charge in [-0.05, 0) is 36.8 Å². The number of ether oxygens (including phenoxy) is 1. The van der Waals surface area contributed by atoms with Gasteiger partial charge in [-0.3, -0.25) is 9.59 Å². The summed E-state index contributed by atoms with van der Waals surface area (Å²) in [6.45, 7) is 0.510. The molecule has 3 rings (SSSR count). The average molecular weight is 361 g/mol. The third kappa shape index (κ3) is 3.85. The van der Waals surface area contributed by atoms with Gasteiger partial charge in [0.2, 0.25) is 5.91 Å². The number of benzene rings is 1. The summed E-state index contributed by atoms with van der Waals surface area (Å²) in [4.78, 5) is 26.3. The summed E-state index contributed by atoms with van der Waals surface area (Å²) in [6.07, 6.45) is 2.77. The van der Waals surface area contributed by atoms with Crippen molar-refractivity contribution in [3.63, 3.8) is 0 Å². The molecule has 0 bridgehead atoms. The molecule has 1 saturated carbocycles. The molecule has 6 nitrogen and oxygen atoms in total. The van der Waals surface area contributed by atoms with Gasteiger partial charge in [-0.1, -0.05) is 31.0 Å². The van der Waals surface area contributed by atoms with Gasteiger partial charge in [0.25, 0.3) is 0 Å². The molecule has 1 aliphatic heterocycles. The van der Waals surface area contributed by atoms with Crippen LogP contribution in [0.1, 0.15) is 37.7 Å². The molecule has 2 aliphatic rings. The van der Waals surface area contributed by atoms with E-state index in [9.17, 15) is 19.8 Å². The number of amides is 1. The summed E-state index contributed by atoms with van der Waals surface area (Å²) in [6, 6.07) is 7.59. The number of likely N-dealkylation sites (tertiary alicyclic amines) is 1. The van der Waals surface area contributed by atoms with Crippen molar-refractivity contribution in [1.29, 1.82) is 0 Å². The minimum Gasteiger partial charge on any atom is -0.496 e. The zero-order valence-electron chi connectivity index (χ0n) is 15.2. The Morgan fingerprint density at radius 1 is 1.27 bits per heavy atom. The molecule has 0 unspecified atom stereocenters. The van der Waals surface area contributed by atoms with Crippen LogP contribution >= 0.6 is 0 Å². The number of para-hydroxylation sites is 1. The number of aliphatic carboxylic acids is 1. The van der Waals surface area contributed by atoms with Crippen LogP contribution in [0.25, 0.3) is 0 Å². The lowest BCUT2D eigenvalue weighted by atomic mass is 9.73. The number of nitrogens with zero attached hydrogens (tertiary/aromatic N) is 1. The van der Waals surface area contributed by atoms with Crippen LogP contribution < -0.4 is 4.74 Å². The monoisotopic (exact) mass is 361 g/mol. The van der Waals surface area contributed by atoms with E-state index in [1.54, 1.807) is 12.0 Å². The molecule has 1 heterocycles. The molecule has 26 heavy (non-hydrogen) atoms. The number of aliphatic hydroxyl groups excluding tert-OH is 1. The standard InChI is InChI=1S/C20H27NO5/c1-26-16-5-3-2-4-15(16)8-9-18(23)21-11-10-17(22)20(13-21,19(24)25)12-14-6-7-14/h2-5,14,17,22H,6-13H2,1H3,(H,24,25)/t17-,20-/m1/s1. The van der Waals surface area contributed by atoms with Gasteiger partial charge in [0.05, 0.1) is 13.2 Å². The Balaban J connectivity index is 1.66. The Labute approximate surface area is 153 Å². The van der Waals surface area contributed by atoms with E-state index in [4.69, 9.17) is 4.74 Å². The second-order valence-corrected chi connectivity index (χ2v) is 7.54. The first-order valence-electron chi connectivity index (χ1n) is 9.27. The van der Waals surface area contributed by atoms with Crippen LogP contribution in [0, 0.1) is 11.3 Å². The third-order valence-electron chi connectivity index (χ3n) is 5.71. The smallest absolute Gasteiger partial charge is 0.314 e. The molecule has 6 heteroatoms. The maximum Gasteiger partial charge on any atom is 0.314 e. The molecular formula is C20H27NO5. The van der Waals surface area contributed by atoms with Gasteiger partial charge in [0, 0.05) is 19.5 Å². The Morgan fingerprint density at radius 3 is 2.65 bits per heavy atom. The van der Waals surface area contributed by atoms with Crippen molar-refractivity contribution in [2.75, 3.05) is 20.2 Å². The van der Waals surface area contributed by atoms with E-state index in [2.05, 4.69) is 0 Å². The SMILES string of the molecule is COc1ccccc1CCC(=O)N1CC[C@@H](O)[C@](CC2CC2)(C(=O)O)C1. The first-order valence-corrected chi connectivity index (χ1v) is 9.27. The van der Waals surface area contributed by atoms with Crippen LogP contribution in [0.2, 0.25) is 0 Å². The highest BCUT2D eigenvalue weighted by Gasteiger charge is 2.52. The van der Waals surface area contributed by atoms with Crippen LogP contribution in [0.4, 0.5) is 0 Å². The fourth-order valence-electron chi connectivity index (χ4n) is 3.94. The van der Waals surface area contributed by atoms with E-state index in [0.29, 0.717) is 38.1 Å². The molecule has 1 aliphatic carbocycles. The molecule has 142 valence electrons. The number of aliphatic hydroxyl groups is 1. The summed E-state index contributed by atoms with van der Waals surface area (Å²) >= 11 is 0. The number of carboxylic acids is 1. The number of hydrogen-bond acceptors (Lipinski definition) is 4. The molecule has 1 amide bonds. The van der Waals surface area contributed by atoms with Crippen LogP contribution in [0.15, 0.2) is 24.3 Å². The lowest BCUT2D eigenvalue weighted by Gasteiger charge is -2.43. The van der Waals surface area contributed by atoms with Crippen molar-refractivity contribution >= 4 is 11.9 Å². The van der Waals surface area contributed by atoms with Crippen LogP contribution in [0.5, 0.6) is 5.75 Å². The summed E-state index contributed by atoms with van der Waals surface area (Å²) in [7, 11) is 1.60. The number of carbonyl (C=O) groups is 2. The average Bonchev–Trinajstić information content (AvgIpc) is 3.45. The van der Waals surface area contributed by atoms with E-state index in [-0.39, 0.29) is 12.5 Å². The zero-order valence-corrected chi connectivity index (χ0v) is 15.2. The van der Waals surface area contributed by atoms with Crippen LogP contribution in [-0.2, 0) is 16.0 Å². The lowest BCUT2D eigenvalue weighted by Crippen LogP contribution is -2.57. The predicted molar refractivity (Wildman–Crippen MR) is 95.9 cm³/mol. The molecule has 0 aromatic heterocycles. The van der Waals surface area contributed by atoms with Gasteiger partial charge in [-0.25, -0.2) is 0 Å². The second kappa shape index (κ2) is 7.66. The van der Waals surface area contributed by atoms with E-state index in [0.717, 1.165) is 24.2 Å². The van der Waals surface area contributed by atoms with E-state index < -0.39 is 17.5 Å². The van der Waals surface area contributed by atoms with Crippen molar-refractivity contribution in [3.05, 3.63) is 29.8 Å². The highest BCUT2D eigenvalue weighted by molar-refractivity contribution is 5.80. The summed E-state index contributed by atoms with van der Waals surface area (Å²) < 4.78 is 5.32. The molecule has 2 fully saturated rings. The Hall–Kier alpha value is -2.08. The predicted octanol–water partition coefficient (Wildman–Crippen LogP) is 2.09. The number of piperidine rings is 1. The summed E-state index contributed by atoms with van der Waals surface area (Å²) in [5, 5.41) is 20.2. The number of methoxy groups -OCH3 is 1. The van der Waals surface area contributed by atoms with E-state index in [1.165, 1.54) is 0 Å². The van der Waals surface area contributed by atoms with Gasteiger partial charge < -0.3 is 19.8 Å². The van der Waals surface area contributed by atoms with Crippen molar-refractivity contribution in [1.82, 2.24) is 4.90 Å². The normalized spacial score (nSPS) is 25.8. The highest BCUT2D eigenvalue weighted by Crippen LogP contribution is 2.45. The maximum absolute atomic E-state index is 12.7. The van der Waals surface area contributed by atoms with Gasteiger partial charge in [-0.2, -0.15) is 0 Å². The Bertz CT molecular complexity index is 672. The van der Waals surface area contributed by atoms with Crippen LogP contribution in [0.3, 0.4) is 0 Å². The van der Waals surface area contributed by atoms with Crippen molar-refractivity contribution in [3.8, 4) is 5.75 Å². The summed E-state index contributed by atoms with van der Waals surface area (Å²) in [5.74, 6) is 0.0655. The molecule has 0 radical (unpaired) electrons. The fourth-order valence-corrected chi connectivity index (χ4v) is 3.94. The van der Waals surface area contributed by atoms with Gasteiger partial charge in [-0.15, -0.1) is 0 Å². The van der Waals surface area contributed by atoms with Crippen molar-refractivity contribution < 1.29 is 24.5 Å². The minimum absolute atomic E-state index is 0.0655. The van der Waals surface area contributed by atoms with Gasteiger partial charge in [0.1, 0.15) is 11.2 Å². The first-order chi connectivity index (χ1) is 12.5. The van der Waals surface area contributed by atoms with Crippen molar-refractivity contribution in [2.24, 2.45) is 11.3 Å². The van der Waals surface area contributed by atoms with E-state index >= 15 is 0 Å².